The van der Waals surface area contributed by atoms with Crippen molar-refractivity contribution in [2.75, 3.05) is 11.9 Å². The number of hydrazine groups is 1. The zero-order chi connectivity index (χ0) is 25.5. The molecule has 3 aromatic rings. The van der Waals surface area contributed by atoms with E-state index in [4.69, 9.17) is 16.3 Å². The van der Waals surface area contributed by atoms with Gasteiger partial charge in [0.1, 0.15) is 24.1 Å². The molecule has 0 saturated carbocycles. The van der Waals surface area contributed by atoms with E-state index in [-0.39, 0.29) is 30.4 Å². The molecule has 3 rings (SSSR count). The molecule has 0 aliphatic heterocycles. The zero-order valence-electron chi connectivity index (χ0n) is 19.1. The molecule has 1 aromatic heterocycles. The summed E-state index contributed by atoms with van der Waals surface area (Å²) >= 11 is 5.98. The number of fused-ring (bicyclic) bond motifs is 1. The van der Waals surface area contributed by atoms with Gasteiger partial charge in [-0.3, -0.25) is 15.1 Å². The summed E-state index contributed by atoms with van der Waals surface area (Å²) in [5.41, 5.74) is 3.29. The molecule has 11 heteroatoms. The van der Waals surface area contributed by atoms with E-state index in [1.807, 2.05) is 0 Å². The van der Waals surface area contributed by atoms with Crippen LogP contribution >= 0.6 is 11.6 Å². The largest absolute Gasteiger partial charge is 0.447 e. The van der Waals surface area contributed by atoms with Crippen LogP contribution in [0.15, 0.2) is 48.7 Å². The van der Waals surface area contributed by atoms with Gasteiger partial charge in [-0.15, -0.1) is 0 Å². The maximum absolute atomic E-state index is 13.7. The quantitative estimate of drug-likeness (QED) is 0.371. The number of aliphatic hydroxyl groups excluding tert-OH is 1. The first-order chi connectivity index (χ1) is 16.6. The van der Waals surface area contributed by atoms with Crippen molar-refractivity contribution < 1.29 is 28.2 Å². The summed E-state index contributed by atoms with van der Waals surface area (Å²) in [5, 5.41) is 14.7. The number of ether oxygens (including phenoxy) is 1. The lowest BCUT2D eigenvalue weighted by Gasteiger charge is -2.32. The second-order valence-corrected chi connectivity index (χ2v) is 8.34. The minimum Gasteiger partial charge on any atom is -0.447 e. The van der Waals surface area contributed by atoms with E-state index < -0.39 is 35.8 Å². The third-order valence-corrected chi connectivity index (χ3v) is 5.53. The highest BCUT2D eigenvalue weighted by molar-refractivity contribution is 6.31. The Morgan fingerprint density at radius 3 is 2.69 bits per heavy atom. The highest BCUT2D eigenvalue weighted by atomic mass is 35.5. The Morgan fingerprint density at radius 2 is 1.97 bits per heavy atom. The number of aromatic nitrogens is 1. The molecule has 2 amide bonds. The molecular weight excluding hydrogens is 482 g/mol. The van der Waals surface area contributed by atoms with Crippen molar-refractivity contribution in [1.29, 1.82) is 0 Å². The number of halogens is 3. The summed E-state index contributed by atoms with van der Waals surface area (Å²) in [6.07, 6.45) is -0.0882. The molecule has 0 aliphatic carbocycles. The van der Waals surface area contributed by atoms with Crippen LogP contribution in [0.5, 0.6) is 0 Å². The van der Waals surface area contributed by atoms with Crippen LogP contribution in [0.1, 0.15) is 25.8 Å². The molecule has 0 fully saturated rings. The Balaban J connectivity index is 1.66. The molecule has 0 spiro atoms. The van der Waals surface area contributed by atoms with Crippen molar-refractivity contribution in [3.63, 3.8) is 0 Å². The Hall–Kier alpha value is -3.34. The van der Waals surface area contributed by atoms with E-state index >= 15 is 0 Å². The van der Waals surface area contributed by atoms with Crippen molar-refractivity contribution in [2.45, 2.75) is 39.0 Å². The molecule has 8 nitrogen and oxygen atoms in total. The number of rotatable bonds is 9. The van der Waals surface area contributed by atoms with Gasteiger partial charge in [0.25, 0.3) is 0 Å². The van der Waals surface area contributed by atoms with Crippen LogP contribution in [-0.2, 0) is 16.1 Å². The summed E-state index contributed by atoms with van der Waals surface area (Å²) in [6.45, 7) is 2.60. The van der Waals surface area contributed by atoms with Gasteiger partial charge >= 0.3 is 6.09 Å². The van der Waals surface area contributed by atoms with Crippen LogP contribution in [-0.4, -0.2) is 45.9 Å². The van der Waals surface area contributed by atoms with Crippen LogP contribution in [0.4, 0.5) is 19.4 Å². The van der Waals surface area contributed by atoms with Gasteiger partial charge in [-0.05, 0) is 54.6 Å². The van der Waals surface area contributed by atoms with Gasteiger partial charge in [-0.25, -0.2) is 24.0 Å². The van der Waals surface area contributed by atoms with Crippen LogP contribution in [0, 0.1) is 11.6 Å². The Morgan fingerprint density at radius 1 is 1.20 bits per heavy atom. The topological polar surface area (TPSA) is 104 Å². The lowest BCUT2D eigenvalue weighted by molar-refractivity contribution is -0.137. The van der Waals surface area contributed by atoms with Crippen molar-refractivity contribution in [2.24, 2.45) is 0 Å². The minimum absolute atomic E-state index is 0.0241. The predicted molar refractivity (Wildman–Crippen MR) is 128 cm³/mol. The summed E-state index contributed by atoms with van der Waals surface area (Å²) in [7, 11) is 0. The molecule has 35 heavy (non-hydrogen) atoms. The van der Waals surface area contributed by atoms with Crippen LogP contribution < -0.4 is 10.7 Å². The Labute approximate surface area is 205 Å². The van der Waals surface area contributed by atoms with E-state index in [0.717, 1.165) is 0 Å². The van der Waals surface area contributed by atoms with Gasteiger partial charge in [0.15, 0.2) is 0 Å². The number of hydrogen-bond acceptors (Lipinski definition) is 6. The third-order valence-electron chi connectivity index (χ3n) is 5.11. The molecule has 0 aliphatic rings. The minimum atomic E-state index is -0.847. The first kappa shape index (κ1) is 26.3. The summed E-state index contributed by atoms with van der Waals surface area (Å²) in [5.74, 6) is -1.27. The van der Waals surface area contributed by atoms with Gasteiger partial charge in [-0.2, -0.15) is 0 Å². The first-order valence-electron chi connectivity index (χ1n) is 10.8. The van der Waals surface area contributed by atoms with Gasteiger partial charge in [0.2, 0.25) is 5.91 Å². The maximum atomic E-state index is 13.7. The lowest BCUT2D eigenvalue weighted by atomic mass is 10.1. The van der Waals surface area contributed by atoms with Gasteiger partial charge in [0, 0.05) is 25.1 Å². The highest BCUT2D eigenvalue weighted by Crippen LogP contribution is 2.20. The second kappa shape index (κ2) is 11.9. The van der Waals surface area contributed by atoms with Crippen molar-refractivity contribution in [3.8, 4) is 0 Å². The number of anilines is 1. The molecule has 0 saturated heterocycles. The van der Waals surface area contributed by atoms with Gasteiger partial charge in [-0.1, -0.05) is 23.7 Å². The normalized spacial score (nSPS) is 12.7. The first-order valence-corrected chi connectivity index (χ1v) is 11.1. The van der Waals surface area contributed by atoms with E-state index in [2.05, 4.69) is 15.7 Å². The smallest absolute Gasteiger partial charge is 0.412 e. The summed E-state index contributed by atoms with van der Waals surface area (Å²) in [6, 6.07) is 9.26. The van der Waals surface area contributed by atoms with Crippen molar-refractivity contribution in [3.05, 3.63) is 70.9 Å². The number of benzene rings is 2. The SMILES string of the molecule is CC(=O)N(NCc1cccc(F)c1Cl)[C@H](COC(=O)Nc1cc2cc(F)ccc2cn1)CC(C)O. The van der Waals surface area contributed by atoms with E-state index in [1.54, 1.807) is 12.1 Å². The van der Waals surface area contributed by atoms with Crippen LogP contribution in [0.3, 0.4) is 0 Å². The number of carbonyl (C=O) groups excluding carboxylic acids is 2. The van der Waals surface area contributed by atoms with E-state index in [1.165, 1.54) is 55.4 Å². The predicted octanol–water partition coefficient (Wildman–Crippen LogP) is 4.41. The fourth-order valence-corrected chi connectivity index (χ4v) is 3.68. The van der Waals surface area contributed by atoms with Crippen molar-refractivity contribution >= 4 is 40.2 Å². The maximum Gasteiger partial charge on any atom is 0.412 e. The second-order valence-electron chi connectivity index (χ2n) is 7.96. The number of nitrogens with zero attached hydrogens (tertiary/aromatic N) is 2. The number of hydrogen-bond donors (Lipinski definition) is 3. The zero-order valence-corrected chi connectivity index (χ0v) is 19.9. The third kappa shape index (κ3) is 7.32. The number of nitrogens with one attached hydrogen (secondary N) is 2. The molecule has 1 unspecified atom stereocenters. The molecule has 186 valence electrons. The molecule has 2 aromatic carbocycles. The van der Waals surface area contributed by atoms with Crippen LogP contribution in [0.25, 0.3) is 10.8 Å². The van der Waals surface area contributed by atoms with Crippen LogP contribution in [0.2, 0.25) is 5.02 Å². The average molecular weight is 507 g/mol. The Kier molecular flexibility index (Phi) is 8.91. The van der Waals surface area contributed by atoms with Gasteiger partial charge in [0.05, 0.1) is 17.2 Å². The molecular formula is C24H25ClF2N4O4. The highest BCUT2D eigenvalue weighted by Gasteiger charge is 2.25. The van der Waals surface area contributed by atoms with E-state index in [9.17, 15) is 23.5 Å². The van der Waals surface area contributed by atoms with E-state index in [0.29, 0.717) is 16.3 Å². The number of aliphatic hydroxyl groups is 1. The van der Waals surface area contributed by atoms with Crippen molar-refractivity contribution in [1.82, 2.24) is 15.4 Å². The fraction of sp³-hybridized carbons (Fsp3) is 0.292. The molecule has 3 N–H and O–H groups in total. The fourth-order valence-electron chi connectivity index (χ4n) is 3.49. The average Bonchev–Trinajstić information content (AvgIpc) is 2.79. The summed E-state index contributed by atoms with van der Waals surface area (Å²) in [4.78, 5) is 28.8. The number of pyridine rings is 1. The lowest BCUT2D eigenvalue weighted by Crippen LogP contribution is -2.51. The molecule has 1 heterocycles. The number of carbonyl (C=O) groups is 2. The summed E-state index contributed by atoms with van der Waals surface area (Å²) < 4.78 is 32.5. The molecule has 2 atom stereocenters. The molecule has 0 radical (unpaired) electrons. The monoisotopic (exact) mass is 506 g/mol. The van der Waals surface area contributed by atoms with Gasteiger partial charge < -0.3 is 9.84 Å². The standard InChI is InChI=1S/C24H25ClF2N4O4/c1-14(32)8-20(31(15(2)33)29-12-17-4-3-5-21(27)23(17)25)13-35-24(34)30-22-10-18-9-19(26)7-6-16(18)11-28-22/h3-7,9-11,14,20,29,32H,8,12-13H2,1-2H3,(H,28,30,34)/t14?,20-/m0/s1. The molecule has 0 bridgehead atoms. The Bertz CT molecular complexity index is 1210. The number of amides is 2.